The van der Waals surface area contributed by atoms with Gasteiger partial charge in [-0.25, -0.2) is 0 Å². The normalized spacial score (nSPS) is 23.8. The van der Waals surface area contributed by atoms with Gasteiger partial charge in [0.2, 0.25) is 11.8 Å². The first-order chi connectivity index (χ1) is 9.46. The molecule has 2 rings (SSSR count). The number of likely N-dealkylation sites (tertiary alicyclic amines) is 1. The van der Waals surface area contributed by atoms with Gasteiger partial charge in [-0.1, -0.05) is 0 Å². The highest BCUT2D eigenvalue weighted by molar-refractivity contribution is 8.01. The molecule has 5 nitrogen and oxygen atoms in total. The van der Waals surface area contributed by atoms with E-state index in [9.17, 15) is 9.59 Å². The summed E-state index contributed by atoms with van der Waals surface area (Å²) in [6.45, 7) is 1.82. The van der Waals surface area contributed by atoms with Crippen LogP contribution in [0.4, 0.5) is 0 Å². The number of hydrogen-bond donors (Lipinski definition) is 0. The molecule has 0 N–H and O–H groups in total. The van der Waals surface area contributed by atoms with Crippen molar-refractivity contribution in [2.75, 3.05) is 51.6 Å². The molecule has 0 unspecified atom stereocenters. The zero-order chi connectivity index (χ0) is 14.8. The Balaban J connectivity index is 1.71. The third kappa shape index (κ3) is 3.62. The summed E-state index contributed by atoms with van der Waals surface area (Å²) >= 11 is 3.46. The number of carbonyl (C=O) groups excluding carboxylic acids is 2. The van der Waals surface area contributed by atoms with Gasteiger partial charge in [0.05, 0.1) is 16.6 Å². The van der Waals surface area contributed by atoms with Crippen LogP contribution < -0.4 is 0 Å². The number of thioether (sulfide) groups is 2. The summed E-state index contributed by atoms with van der Waals surface area (Å²) in [5.74, 6) is 1.72. The fraction of sp³-hybridized carbons (Fsp3) is 0.846. The summed E-state index contributed by atoms with van der Waals surface area (Å²) in [5.41, 5.74) is 0. The van der Waals surface area contributed by atoms with Gasteiger partial charge in [0.25, 0.3) is 0 Å². The number of amides is 2. The number of carbonyl (C=O) groups is 2. The SMILES string of the molecule is CSCC(=O)N1CC2(C[C@@H](OCC(=O)N(C)C)CS2)C1. The van der Waals surface area contributed by atoms with Crippen LogP contribution >= 0.6 is 23.5 Å². The molecule has 1 spiro atoms. The van der Waals surface area contributed by atoms with E-state index in [4.69, 9.17) is 4.74 Å². The fourth-order valence-corrected chi connectivity index (χ4v) is 4.47. The van der Waals surface area contributed by atoms with Crippen LogP contribution in [0, 0.1) is 0 Å². The third-order valence-electron chi connectivity index (χ3n) is 3.69. The van der Waals surface area contributed by atoms with E-state index in [1.54, 1.807) is 30.8 Å². The van der Waals surface area contributed by atoms with Gasteiger partial charge in [0, 0.05) is 32.9 Å². The highest BCUT2D eigenvalue weighted by Crippen LogP contribution is 2.46. The summed E-state index contributed by atoms with van der Waals surface area (Å²) in [6.07, 6.45) is 3.03. The van der Waals surface area contributed by atoms with Crippen LogP contribution in [0.1, 0.15) is 6.42 Å². The summed E-state index contributed by atoms with van der Waals surface area (Å²) in [4.78, 5) is 26.7. The molecule has 0 aromatic heterocycles. The Morgan fingerprint density at radius 1 is 1.45 bits per heavy atom. The minimum atomic E-state index is 0.00124. The van der Waals surface area contributed by atoms with Gasteiger partial charge in [-0.15, -0.1) is 11.8 Å². The van der Waals surface area contributed by atoms with Crippen molar-refractivity contribution in [2.24, 2.45) is 0 Å². The predicted molar refractivity (Wildman–Crippen MR) is 83.2 cm³/mol. The molecule has 1 atom stereocenters. The fourth-order valence-electron chi connectivity index (χ4n) is 2.49. The summed E-state index contributed by atoms with van der Waals surface area (Å²) in [5, 5.41) is 0. The van der Waals surface area contributed by atoms with Crippen molar-refractivity contribution < 1.29 is 14.3 Å². The average Bonchev–Trinajstić information content (AvgIpc) is 2.78. The summed E-state index contributed by atoms with van der Waals surface area (Å²) < 4.78 is 5.86. The van der Waals surface area contributed by atoms with Gasteiger partial charge in [0.1, 0.15) is 6.61 Å². The minimum Gasteiger partial charge on any atom is -0.367 e. The molecule has 0 bridgehead atoms. The van der Waals surface area contributed by atoms with E-state index in [-0.39, 0.29) is 29.3 Å². The van der Waals surface area contributed by atoms with Crippen molar-refractivity contribution in [1.29, 1.82) is 0 Å². The highest BCUT2D eigenvalue weighted by atomic mass is 32.2. The molecule has 114 valence electrons. The highest BCUT2D eigenvalue weighted by Gasteiger charge is 2.50. The van der Waals surface area contributed by atoms with Crippen molar-refractivity contribution in [3.63, 3.8) is 0 Å². The Morgan fingerprint density at radius 3 is 2.75 bits per heavy atom. The van der Waals surface area contributed by atoms with Crippen molar-refractivity contribution in [3.8, 4) is 0 Å². The van der Waals surface area contributed by atoms with Crippen LogP contribution in [0.25, 0.3) is 0 Å². The molecular weight excluding hydrogens is 296 g/mol. The Kier molecular flexibility index (Phi) is 5.25. The topological polar surface area (TPSA) is 49.9 Å². The maximum Gasteiger partial charge on any atom is 0.248 e. The van der Waals surface area contributed by atoms with Crippen LogP contribution in [0.3, 0.4) is 0 Å². The smallest absolute Gasteiger partial charge is 0.248 e. The molecule has 20 heavy (non-hydrogen) atoms. The lowest BCUT2D eigenvalue weighted by Crippen LogP contribution is -2.61. The van der Waals surface area contributed by atoms with Crippen molar-refractivity contribution in [3.05, 3.63) is 0 Å². The van der Waals surface area contributed by atoms with Crippen LogP contribution in [0.15, 0.2) is 0 Å². The number of likely N-dealkylation sites (N-methyl/N-ethyl adjacent to an activating group) is 1. The Labute approximate surface area is 128 Å². The van der Waals surface area contributed by atoms with Gasteiger partial charge in [-0.3, -0.25) is 9.59 Å². The van der Waals surface area contributed by atoms with E-state index in [1.165, 1.54) is 0 Å². The molecule has 0 saturated carbocycles. The Bertz CT molecular complexity index is 384. The number of hydrogen-bond acceptors (Lipinski definition) is 5. The van der Waals surface area contributed by atoms with Gasteiger partial charge in [0.15, 0.2) is 0 Å². The van der Waals surface area contributed by atoms with Crippen LogP contribution in [0.5, 0.6) is 0 Å². The molecule has 0 aromatic carbocycles. The van der Waals surface area contributed by atoms with Crippen molar-refractivity contribution in [2.45, 2.75) is 17.3 Å². The second-order valence-electron chi connectivity index (χ2n) is 5.60. The zero-order valence-corrected chi connectivity index (χ0v) is 13.9. The predicted octanol–water partition coefficient (Wildman–Crippen LogP) is 0.541. The van der Waals surface area contributed by atoms with Crippen molar-refractivity contribution >= 4 is 35.3 Å². The molecular formula is C13H22N2O3S2. The van der Waals surface area contributed by atoms with Crippen LogP contribution in [-0.4, -0.2) is 84.0 Å². The Morgan fingerprint density at radius 2 is 2.15 bits per heavy atom. The first-order valence-corrected chi connectivity index (χ1v) is 9.06. The number of rotatable bonds is 5. The second kappa shape index (κ2) is 6.58. The standard InChI is InChI=1S/C13H22N2O3S2/c1-14(2)11(16)5-18-10-4-13(20-6-10)8-15(9-13)12(17)7-19-3/h10H,4-9H2,1-3H3/t10-/m1/s1. The van der Waals surface area contributed by atoms with E-state index in [0.29, 0.717) is 5.75 Å². The molecule has 2 aliphatic heterocycles. The second-order valence-corrected chi connectivity index (χ2v) is 7.96. The zero-order valence-electron chi connectivity index (χ0n) is 12.3. The molecule has 2 amide bonds. The Hall–Kier alpha value is -0.400. The van der Waals surface area contributed by atoms with Gasteiger partial charge in [-0.2, -0.15) is 11.8 Å². The first-order valence-electron chi connectivity index (χ1n) is 6.68. The van der Waals surface area contributed by atoms with E-state index >= 15 is 0 Å². The summed E-state index contributed by atoms with van der Waals surface area (Å²) in [6, 6.07) is 0. The van der Waals surface area contributed by atoms with E-state index in [0.717, 1.165) is 25.3 Å². The minimum absolute atomic E-state index is 0.00124. The number of ether oxygens (including phenoxy) is 1. The van der Waals surface area contributed by atoms with Crippen molar-refractivity contribution in [1.82, 2.24) is 9.80 Å². The summed E-state index contributed by atoms with van der Waals surface area (Å²) in [7, 11) is 3.47. The largest absolute Gasteiger partial charge is 0.367 e. The number of nitrogens with zero attached hydrogens (tertiary/aromatic N) is 2. The van der Waals surface area contributed by atoms with E-state index < -0.39 is 0 Å². The molecule has 0 aromatic rings. The maximum atomic E-state index is 11.8. The molecule has 0 aliphatic carbocycles. The van der Waals surface area contributed by atoms with E-state index in [2.05, 4.69) is 0 Å². The first kappa shape index (κ1) is 16.0. The molecule has 0 radical (unpaired) electrons. The van der Waals surface area contributed by atoms with Gasteiger partial charge < -0.3 is 14.5 Å². The molecule has 7 heteroatoms. The monoisotopic (exact) mass is 318 g/mol. The molecule has 2 saturated heterocycles. The van der Waals surface area contributed by atoms with Crippen LogP contribution in [0.2, 0.25) is 0 Å². The maximum absolute atomic E-state index is 11.8. The molecule has 2 heterocycles. The average molecular weight is 318 g/mol. The lowest BCUT2D eigenvalue weighted by molar-refractivity contribution is -0.136. The van der Waals surface area contributed by atoms with E-state index in [1.807, 2.05) is 22.9 Å². The third-order valence-corrected chi connectivity index (χ3v) is 5.81. The molecule has 2 aliphatic rings. The lowest BCUT2D eigenvalue weighted by atomic mass is 9.93. The lowest BCUT2D eigenvalue weighted by Gasteiger charge is -2.47. The van der Waals surface area contributed by atoms with Gasteiger partial charge in [-0.05, 0) is 12.7 Å². The quantitative estimate of drug-likeness (QED) is 0.740. The van der Waals surface area contributed by atoms with Gasteiger partial charge >= 0.3 is 0 Å². The van der Waals surface area contributed by atoms with Crippen LogP contribution in [-0.2, 0) is 14.3 Å². The molecule has 2 fully saturated rings.